The van der Waals surface area contributed by atoms with Gasteiger partial charge in [-0.2, -0.15) is 0 Å². The molecule has 0 saturated heterocycles. The van der Waals surface area contributed by atoms with Crippen molar-refractivity contribution in [3.8, 4) is 28.5 Å². The van der Waals surface area contributed by atoms with Crippen LogP contribution in [0.5, 0.6) is 17.2 Å². The number of hydrogen-bond donors (Lipinski definition) is 1. The predicted molar refractivity (Wildman–Crippen MR) is 73.6 cm³/mol. The molecule has 112 valence electrons. The van der Waals surface area contributed by atoms with Gasteiger partial charge in [0.2, 0.25) is 5.76 Å². The number of ether oxygens (including phenoxy) is 3. The highest BCUT2D eigenvalue weighted by Crippen LogP contribution is 2.47. The minimum Gasteiger partial charge on any atom is -0.496 e. The van der Waals surface area contributed by atoms with Crippen LogP contribution in [0.1, 0.15) is 10.6 Å². The standard InChI is InChI=1S/C13H12ClNO6/c1-18-7-5-8(19-2)12(20-3)11(14)10(7)6-4-9(13(16)17)21-15-6/h4-5H,1-3H3,(H,16,17). The average molecular weight is 314 g/mol. The summed E-state index contributed by atoms with van der Waals surface area (Å²) in [5.41, 5.74) is 0.572. The number of rotatable bonds is 5. The Bertz CT molecular complexity index is 682. The summed E-state index contributed by atoms with van der Waals surface area (Å²) in [5.74, 6) is -0.523. The molecule has 0 aliphatic rings. The number of carboxylic acids is 1. The topological polar surface area (TPSA) is 91.0 Å². The molecular weight excluding hydrogens is 302 g/mol. The summed E-state index contributed by atoms with van der Waals surface area (Å²) in [6.07, 6.45) is 0. The van der Waals surface area contributed by atoms with Crippen LogP contribution in [0.3, 0.4) is 0 Å². The second-order valence-electron chi connectivity index (χ2n) is 3.88. The average Bonchev–Trinajstić information content (AvgIpc) is 2.95. The maximum Gasteiger partial charge on any atom is 0.374 e. The summed E-state index contributed by atoms with van der Waals surface area (Å²) in [5, 5.41) is 12.8. The van der Waals surface area contributed by atoms with Crippen molar-refractivity contribution in [3.63, 3.8) is 0 Å². The molecule has 8 heteroatoms. The third kappa shape index (κ3) is 2.59. The van der Waals surface area contributed by atoms with E-state index in [4.69, 9.17) is 35.4 Å². The van der Waals surface area contributed by atoms with Crippen LogP contribution >= 0.6 is 11.6 Å². The number of benzene rings is 1. The van der Waals surface area contributed by atoms with Crippen LogP contribution in [-0.4, -0.2) is 37.6 Å². The van der Waals surface area contributed by atoms with Gasteiger partial charge >= 0.3 is 5.97 Å². The van der Waals surface area contributed by atoms with E-state index in [1.165, 1.54) is 27.4 Å². The van der Waals surface area contributed by atoms with Gasteiger partial charge in [0.1, 0.15) is 11.4 Å². The first-order valence-electron chi connectivity index (χ1n) is 5.72. The Morgan fingerprint density at radius 3 is 2.33 bits per heavy atom. The lowest BCUT2D eigenvalue weighted by atomic mass is 10.1. The van der Waals surface area contributed by atoms with E-state index in [1.807, 2.05) is 0 Å². The monoisotopic (exact) mass is 313 g/mol. The second-order valence-corrected chi connectivity index (χ2v) is 4.26. The van der Waals surface area contributed by atoms with Crippen molar-refractivity contribution in [1.29, 1.82) is 0 Å². The largest absolute Gasteiger partial charge is 0.496 e. The van der Waals surface area contributed by atoms with Crippen molar-refractivity contribution >= 4 is 17.6 Å². The first-order valence-corrected chi connectivity index (χ1v) is 6.10. The molecule has 21 heavy (non-hydrogen) atoms. The van der Waals surface area contributed by atoms with Gasteiger partial charge in [0, 0.05) is 12.1 Å². The van der Waals surface area contributed by atoms with E-state index in [0.29, 0.717) is 17.1 Å². The van der Waals surface area contributed by atoms with Crippen LogP contribution in [0.4, 0.5) is 0 Å². The first-order chi connectivity index (χ1) is 10.0. The third-order valence-corrected chi connectivity index (χ3v) is 3.13. The number of aromatic carboxylic acids is 1. The lowest BCUT2D eigenvalue weighted by molar-refractivity contribution is 0.0652. The molecule has 1 N–H and O–H groups in total. The number of hydrogen-bond acceptors (Lipinski definition) is 6. The van der Waals surface area contributed by atoms with Crippen molar-refractivity contribution < 1.29 is 28.6 Å². The minimum atomic E-state index is -1.23. The maximum absolute atomic E-state index is 10.9. The summed E-state index contributed by atoms with van der Waals surface area (Å²) < 4.78 is 20.3. The molecule has 0 bridgehead atoms. The van der Waals surface area contributed by atoms with Crippen LogP contribution in [-0.2, 0) is 0 Å². The number of halogens is 1. The summed E-state index contributed by atoms with van der Waals surface area (Å²) >= 11 is 6.29. The molecular formula is C13H12ClNO6. The van der Waals surface area contributed by atoms with Crippen molar-refractivity contribution in [2.75, 3.05) is 21.3 Å². The molecule has 0 aliphatic heterocycles. The Kier molecular flexibility index (Phi) is 4.23. The summed E-state index contributed by atoms with van der Waals surface area (Å²) in [6, 6.07) is 2.81. The third-order valence-electron chi connectivity index (χ3n) is 2.77. The van der Waals surface area contributed by atoms with E-state index in [0.717, 1.165) is 0 Å². The van der Waals surface area contributed by atoms with E-state index in [1.54, 1.807) is 6.07 Å². The Morgan fingerprint density at radius 2 is 1.86 bits per heavy atom. The number of aromatic nitrogens is 1. The summed E-state index contributed by atoms with van der Waals surface area (Å²) in [7, 11) is 4.34. The van der Waals surface area contributed by atoms with E-state index in [-0.39, 0.29) is 22.2 Å². The Balaban J connectivity index is 2.68. The van der Waals surface area contributed by atoms with Gasteiger partial charge in [0.15, 0.2) is 11.5 Å². The van der Waals surface area contributed by atoms with Crippen LogP contribution in [0.2, 0.25) is 5.02 Å². The van der Waals surface area contributed by atoms with Gasteiger partial charge in [-0.15, -0.1) is 0 Å². The summed E-state index contributed by atoms with van der Waals surface area (Å²) in [6.45, 7) is 0. The molecule has 2 aromatic rings. The molecule has 7 nitrogen and oxygen atoms in total. The van der Waals surface area contributed by atoms with Gasteiger partial charge in [-0.25, -0.2) is 4.79 Å². The Morgan fingerprint density at radius 1 is 1.19 bits per heavy atom. The molecule has 0 aliphatic carbocycles. The van der Waals surface area contributed by atoms with Crippen molar-refractivity contribution in [1.82, 2.24) is 5.16 Å². The van der Waals surface area contributed by atoms with E-state index < -0.39 is 5.97 Å². The highest BCUT2D eigenvalue weighted by Gasteiger charge is 2.24. The van der Waals surface area contributed by atoms with Crippen LogP contribution in [0, 0.1) is 0 Å². The first kappa shape index (κ1) is 15.0. The van der Waals surface area contributed by atoms with Crippen molar-refractivity contribution in [2.24, 2.45) is 0 Å². The van der Waals surface area contributed by atoms with Gasteiger partial charge in [-0.1, -0.05) is 16.8 Å². The maximum atomic E-state index is 10.9. The quantitative estimate of drug-likeness (QED) is 0.907. The van der Waals surface area contributed by atoms with Crippen molar-refractivity contribution in [3.05, 3.63) is 22.9 Å². The van der Waals surface area contributed by atoms with Crippen LogP contribution in [0.15, 0.2) is 16.7 Å². The van der Waals surface area contributed by atoms with Gasteiger partial charge in [-0.3, -0.25) is 0 Å². The lowest BCUT2D eigenvalue weighted by Gasteiger charge is -2.15. The summed E-state index contributed by atoms with van der Waals surface area (Å²) in [4.78, 5) is 10.9. The normalized spacial score (nSPS) is 10.3. The highest BCUT2D eigenvalue weighted by atomic mass is 35.5. The number of methoxy groups -OCH3 is 3. The SMILES string of the molecule is COc1cc(OC)c(-c2cc(C(=O)O)on2)c(Cl)c1OC. The minimum absolute atomic E-state index is 0.180. The van der Waals surface area contributed by atoms with Crippen LogP contribution < -0.4 is 14.2 Å². The molecule has 0 radical (unpaired) electrons. The van der Waals surface area contributed by atoms with Gasteiger partial charge in [0.25, 0.3) is 0 Å². The second kappa shape index (κ2) is 5.92. The van der Waals surface area contributed by atoms with Gasteiger partial charge in [-0.05, 0) is 0 Å². The van der Waals surface area contributed by atoms with E-state index in [2.05, 4.69) is 5.16 Å². The molecule has 0 fully saturated rings. The van der Waals surface area contributed by atoms with E-state index >= 15 is 0 Å². The zero-order valence-corrected chi connectivity index (χ0v) is 12.2. The zero-order chi connectivity index (χ0) is 15.6. The number of nitrogens with zero attached hydrogens (tertiary/aromatic N) is 1. The van der Waals surface area contributed by atoms with Crippen LogP contribution in [0.25, 0.3) is 11.3 Å². The molecule has 1 heterocycles. The molecule has 1 aromatic carbocycles. The number of carbonyl (C=O) groups is 1. The van der Waals surface area contributed by atoms with Gasteiger partial charge in [0.05, 0.1) is 31.9 Å². The van der Waals surface area contributed by atoms with Gasteiger partial charge < -0.3 is 23.8 Å². The molecule has 2 rings (SSSR count). The fourth-order valence-corrected chi connectivity index (χ4v) is 2.18. The molecule has 0 spiro atoms. The molecule has 1 aromatic heterocycles. The Labute approximate surface area is 125 Å². The highest BCUT2D eigenvalue weighted by molar-refractivity contribution is 6.35. The van der Waals surface area contributed by atoms with E-state index in [9.17, 15) is 4.79 Å². The fraction of sp³-hybridized carbons (Fsp3) is 0.231. The zero-order valence-electron chi connectivity index (χ0n) is 11.5. The van der Waals surface area contributed by atoms with Crippen molar-refractivity contribution in [2.45, 2.75) is 0 Å². The fourth-order valence-electron chi connectivity index (χ4n) is 1.82. The smallest absolute Gasteiger partial charge is 0.374 e. The molecule has 0 unspecified atom stereocenters. The molecule has 0 amide bonds. The lowest BCUT2D eigenvalue weighted by Crippen LogP contribution is -1.97. The molecule has 0 atom stereocenters. The Hall–Kier alpha value is -2.41. The predicted octanol–water partition coefficient (Wildman–Crippen LogP) is 2.72. The number of carboxylic acid groups (broad SMARTS) is 1. The molecule has 0 saturated carbocycles.